The van der Waals surface area contributed by atoms with Gasteiger partial charge in [-0.05, 0) is 25.0 Å². The molecule has 1 fully saturated rings. The number of hydrogen-bond donors (Lipinski definition) is 0. The van der Waals surface area contributed by atoms with Crippen LogP contribution in [0.4, 0.5) is 4.79 Å². The van der Waals surface area contributed by atoms with Crippen LogP contribution in [0.15, 0.2) is 24.3 Å². The third-order valence-electron chi connectivity index (χ3n) is 3.71. The topological polar surface area (TPSA) is 51.0 Å². The highest BCUT2D eigenvalue weighted by molar-refractivity contribution is 5.87. The zero-order valence-corrected chi connectivity index (χ0v) is 10.4. The molecule has 1 aliphatic carbocycles. The number of fused-ring (bicyclic) bond motifs is 1. The van der Waals surface area contributed by atoms with E-state index in [2.05, 4.69) is 10.3 Å². The average molecular weight is 244 g/mol. The van der Waals surface area contributed by atoms with Gasteiger partial charge in [0.25, 0.3) is 0 Å². The predicted molar refractivity (Wildman–Crippen MR) is 68.3 cm³/mol. The molecule has 5 nitrogen and oxygen atoms in total. The second kappa shape index (κ2) is 4.40. The highest BCUT2D eigenvalue weighted by Crippen LogP contribution is 2.23. The smallest absolute Gasteiger partial charge is 0.323 e. The molecule has 0 unspecified atom stereocenters. The van der Waals surface area contributed by atoms with Gasteiger partial charge >= 0.3 is 6.03 Å². The highest BCUT2D eigenvalue weighted by Gasteiger charge is 2.25. The Balaban J connectivity index is 1.91. The summed E-state index contributed by atoms with van der Waals surface area (Å²) in [5, 5.41) is 7.98. The average Bonchev–Trinajstić information content (AvgIpc) is 3.06. The van der Waals surface area contributed by atoms with E-state index in [0.29, 0.717) is 6.04 Å². The molecule has 18 heavy (non-hydrogen) atoms. The molecule has 1 aromatic heterocycles. The van der Waals surface area contributed by atoms with E-state index < -0.39 is 0 Å². The van der Waals surface area contributed by atoms with Crippen molar-refractivity contribution in [2.75, 3.05) is 7.05 Å². The third kappa shape index (κ3) is 1.75. The van der Waals surface area contributed by atoms with E-state index in [1.807, 2.05) is 31.3 Å². The van der Waals surface area contributed by atoms with Crippen molar-refractivity contribution in [2.24, 2.45) is 0 Å². The van der Waals surface area contributed by atoms with Crippen molar-refractivity contribution in [3.63, 3.8) is 0 Å². The Morgan fingerprint density at radius 2 is 2.06 bits per heavy atom. The van der Waals surface area contributed by atoms with Crippen LogP contribution in [0.25, 0.3) is 11.0 Å². The van der Waals surface area contributed by atoms with Crippen LogP contribution in [-0.2, 0) is 0 Å². The molecule has 5 heteroatoms. The zero-order chi connectivity index (χ0) is 12.5. The minimum Gasteiger partial charge on any atom is -0.323 e. The number of aromatic nitrogens is 3. The van der Waals surface area contributed by atoms with Gasteiger partial charge in [0.1, 0.15) is 5.52 Å². The molecule has 94 valence electrons. The summed E-state index contributed by atoms with van der Waals surface area (Å²) >= 11 is 0. The first kappa shape index (κ1) is 11.2. The van der Waals surface area contributed by atoms with Crippen molar-refractivity contribution < 1.29 is 4.79 Å². The number of hydrogen-bond acceptors (Lipinski definition) is 3. The Morgan fingerprint density at radius 3 is 2.83 bits per heavy atom. The molecule has 1 aliphatic rings. The van der Waals surface area contributed by atoms with Crippen molar-refractivity contribution in [3.05, 3.63) is 24.3 Å². The summed E-state index contributed by atoms with van der Waals surface area (Å²) in [4.78, 5) is 14.2. The van der Waals surface area contributed by atoms with E-state index in [9.17, 15) is 4.79 Å². The lowest BCUT2D eigenvalue weighted by Crippen LogP contribution is -2.38. The number of benzene rings is 1. The fourth-order valence-corrected chi connectivity index (χ4v) is 2.61. The van der Waals surface area contributed by atoms with E-state index in [-0.39, 0.29) is 6.03 Å². The van der Waals surface area contributed by atoms with E-state index in [4.69, 9.17) is 0 Å². The Hall–Kier alpha value is -1.91. The van der Waals surface area contributed by atoms with Gasteiger partial charge in [-0.3, -0.25) is 0 Å². The summed E-state index contributed by atoms with van der Waals surface area (Å²) < 4.78 is 1.40. The number of amides is 1. The Labute approximate surface area is 105 Å². The second-order valence-corrected chi connectivity index (χ2v) is 4.82. The first-order valence-electron chi connectivity index (χ1n) is 6.35. The van der Waals surface area contributed by atoms with Crippen LogP contribution < -0.4 is 0 Å². The van der Waals surface area contributed by atoms with Crippen molar-refractivity contribution in [1.29, 1.82) is 0 Å². The molecular formula is C13H16N4O. The summed E-state index contributed by atoms with van der Waals surface area (Å²) in [6.07, 6.45) is 4.60. The molecule has 1 aromatic carbocycles. The monoisotopic (exact) mass is 244 g/mol. The van der Waals surface area contributed by atoms with Crippen LogP contribution in [0.1, 0.15) is 25.7 Å². The Morgan fingerprint density at radius 1 is 1.33 bits per heavy atom. The van der Waals surface area contributed by atoms with Gasteiger partial charge in [0.05, 0.1) is 5.52 Å². The maximum absolute atomic E-state index is 12.4. The lowest BCUT2D eigenvalue weighted by molar-refractivity contribution is 0.190. The second-order valence-electron chi connectivity index (χ2n) is 4.82. The highest BCUT2D eigenvalue weighted by atomic mass is 16.2. The molecule has 0 saturated heterocycles. The number of para-hydroxylation sites is 1. The number of nitrogens with zero attached hydrogens (tertiary/aromatic N) is 4. The maximum atomic E-state index is 12.4. The molecule has 2 aromatic rings. The lowest BCUT2D eigenvalue weighted by atomic mass is 10.2. The summed E-state index contributed by atoms with van der Waals surface area (Å²) in [6.45, 7) is 0. The summed E-state index contributed by atoms with van der Waals surface area (Å²) in [5.41, 5.74) is 1.53. The van der Waals surface area contributed by atoms with E-state index in [1.54, 1.807) is 4.90 Å². The number of rotatable bonds is 1. The van der Waals surface area contributed by atoms with Crippen molar-refractivity contribution in [1.82, 2.24) is 19.9 Å². The van der Waals surface area contributed by atoms with E-state index in [0.717, 1.165) is 23.9 Å². The lowest BCUT2D eigenvalue weighted by Gasteiger charge is -2.23. The molecular weight excluding hydrogens is 228 g/mol. The number of carbonyl (C=O) groups excluding carboxylic acids is 1. The van der Waals surface area contributed by atoms with Crippen molar-refractivity contribution in [3.8, 4) is 0 Å². The molecule has 1 amide bonds. The quantitative estimate of drug-likeness (QED) is 0.773. The van der Waals surface area contributed by atoms with E-state index >= 15 is 0 Å². The van der Waals surface area contributed by atoms with Gasteiger partial charge in [-0.25, -0.2) is 4.79 Å². The zero-order valence-electron chi connectivity index (χ0n) is 10.4. The first-order valence-corrected chi connectivity index (χ1v) is 6.35. The van der Waals surface area contributed by atoms with Gasteiger partial charge in [0.2, 0.25) is 0 Å². The van der Waals surface area contributed by atoms with Gasteiger partial charge in [-0.15, -0.1) is 5.10 Å². The van der Waals surface area contributed by atoms with Crippen LogP contribution in [0.5, 0.6) is 0 Å². The van der Waals surface area contributed by atoms with Crippen LogP contribution in [-0.4, -0.2) is 39.0 Å². The first-order chi connectivity index (χ1) is 8.77. The summed E-state index contributed by atoms with van der Waals surface area (Å²) in [6, 6.07) is 7.78. The largest absolute Gasteiger partial charge is 0.346 e. The van der Waals surface area contributed by atoms with E-state index in [1.165, 1.54) is 17.5 Å². The standard InChI is InChI=1S/C13H16N4O/c1-16(10-6-2-3-7-10)13(18)17-12-9-5-4-8-11(12)14-15-17/h4-5,8-10H,2-3,6-7H2,1H3. The molecule has 3 rings (SSSR count). The maximum Gasteiger partial charge on any atom is 0.346 e. The van der Waals surface area contributed by atoms with Gasteiger partial charge < -0.3 is 4.90 Å². The van der Waals surface area contributed by atoms with Crippen LogP contribution in [0, 0.1) is 0 Å². The van der Waals surface area contributed by atoms with Crippen molar-refractivity contribution >= 4 is 17.1 Å². The Bertz CT molecular complexity index is 571. The normalized spacial score (nSPS) is 16.3. The van der Waals surface area contributed by atoms with Gasteiger partial charge in [-0.2, -0.15) is 4.68 Å². The minimum atomic E-state index is -0.0874. The molecule has 0 bridgehead atoms. The molecule has 0 aliphatic heterocycles. The molecule has 1 heterocycles. The fourth-order valence-electron chi connectivity index (χ4n) is 2.61. The van der Waals surface area contributed by atoms with Gasteiger partial charge in [0.15, 0.2) is 0 Å². The molecule has 0 atom stereocenters. The van der Waals surface area contributed by atoms with Gasteiger partial charge in [0, 0.05) is 13.1 Å². The minimum absolute atomic E-state index is 0.0874. The molecule has 0 radical (unpaired) electrons. The van der Waals surface area contributed by atoms with Gasteiger partial charge in [-0.1, -0.05) is 30.2 Å². The summed E-state index contributed by atoms with van der Waals surface area (Å²) in [7, 11) is 1.86. The van der Waals surface area contributed by atoms with Crippen LogP contribution in [0.2, 0.25) is 0 Å². The third-order valence-corrected chi connectivity index (χ3v) is 3.71. The number of carbonyl (C=O) groups is 1. The summed E-state index contributed by atoms with van der Waals surface area (Å²) in [5.74, 6) is 0. The fraction of sp³-hybridized carbons (Fsp3) is 0.462. The SMILES string of the molecule is CN(C(=O)n1nnc2ccccc21)C1CCCC1. The van der Waals surface area contributed by atoms with Crippen LogP contribution in [0.3, 0.4) is 0 Å². The van der Waals surface area contributed by atoms with Crippen LogP contribution >= 0.6 is 0 Å². The molecule has 0 N–H and O–H groups in total. The predicted octanol–water partition coefficient (Wildman–Crippen LogP) is 2.27. The molecule has 0 spiro atoms. The molecule has 1 saturated carbocycles. The Kier molecular flexibility index (Phi) is 2.74. The van der Waals surface area contributed by atoms with Crippen molar-refractivity contribution in [2.45, 2.75) is 31.7 Å².